The Morgan fingerprint density at radius 2 is 1.86 bits per heavy atom. The Morgan fingerprint density at radius 1 is 1.19 bits per heavy atom. The molecule has 4 N–H and O–H groups in total. The lowest BCUT2D eigenvalue weighted by Crippen LogP contribution is -2.21. The van der Waals surface area contributed by atoms with E-state index in [4.69, 9.17) is 9.56 Å². The summed E-state index contributed by atoms with van der Waals surface area (Å²) < 4.78 is 29.8. The molecule has 0 amide bonds. The van der Waals surface area contributed by atoms with Crippen molar-refractivity contribution in [3.05, 3.63) is 47.4 Å². The number of hydrogen-bond acceptors (Lipinski definition) is 4. The standard InChI is InChI=1S/C14H19N3O3S/c1-9-7-14(11(3)20-9)10(2)16-12-5-4-6-13(8-12)17-21(15,18)19/h4-8,10,16-17H,1-3H3,(H2,15,18,19). The second-order valence-electron chi connectivity index (χ2n) is 4.96. The smallest absolute Gasteiger partial charge is 0.296 e. The number of nitrogens with one attached hydrogen (secondary N) is 2. The number of hydrogen-bond donors (Lipinski definition) is 3. The summed E-state index contributed by atoms with van der Waals surface area (Å²) in [7, 11) is -3.77. The van der Waals surface area contributed by atoms with Crippen molar-refractivity contribution in [1.29, 1.82) is 0 Å². The van der Waals surface area contributed by atoms with E-state index in [1.165, 1.54) is 0 Å². The van der Waals surface area contributed by atoms with Crippen LogP contribution in [-0.2, 0) is 10.2 Å². The van der Waals surface area contributed by atoms with Crippen LogP contribution in [0.25, 0.3) is 0 Å². The Balaban J connectivity index is 2.16. The molecule has 1 atom stereocenters. The van der Waals surface area contributed by atoms with Crippen molar-refractivity contribution < 1.29 is 12.8 Å². The molecule has 1 unspecified atom stereocenters. The van der Waals surface area contributed by atoms with Crippen LogP contribution in [0, 0.1) is 13.8 Å². The first-order chi connectivity index (χ1) is 9.74. The van der Waals surface area contributed by atoms with E-state index in [9.17, 15) is 8.42 Å². The fourth-order valence-electron chi connectivity index (χ4n) is 2.24. The minimum Gasteiger partial charge on any atom is -0.466 e. The molecule has 0 aliphatic carbocycles. The van der Waals surface area contributed by atoms with Gasteiger partial charge in [0, 0.05) is 11.3 Å². The van der Waals surface area contributed by atoms with Crippen molar-refractivity contribution in [1.82, 2.24) is 0 Å². The molecule has 1 aromatic carbocycles. The molecule has 21 heavy (non-hydrogen) atoms. The van der Waals surface area contributed by atoms with Gasteiger partial charge in [0.05, 0.1) is 11.7 Å². The largest absolute Gasteiger partial charge is 0.466 e. The summed E-state index contributed by atoms with van der Waals surface area (Å²) >= 11 is 0. The maximum absolute atomic E-state index is 11.0. The van der Waals surface area contributed by atoms with Crippen LogP contribution in [0.2, 0.25) is 0 Å². The summed E-state index contributed by atoms with van der Waals surface area (Å²) in [6, 6.07) is 8.94. The highest BCUT2D eigenvalue weighted by atomic mass is 32.2. The van der Waals surface area contributed by atoms with Gasteiger partial charge in [-0.25, -0.2) is 5.14 Å². The van der Waals surface area contributed by atoms with E-state index in [0.717, 1.165) is 22.8 Å². The van der Waals surface area contributed by atoms with E-state index < -0.39 is 10.2 Å². The highest BCUT2D eigenvalue weighted by molar-refractivity contribution is 7.90. The third-order valence-electron chi connectivity index (χ3n) is 3.05. The summed E-state index contributed by atoms with van der Waals surface area (Å²) in [6.45, 7) is 5.83. The van der Waals surface area contributed by atoms with Gasteiger partial charge in [-0.2, -0.15) is 8.42 Å². The van der Waals surface area contributed by atoms with Crippen LogP contribution >= 0.6 is 0 Å². The molecule has 0 fully saturated rings. The van der Waals surface area contributed by atoms with E-state index in [2.05, 4.69) is 10.0 Å². The average Bonchev–Trinajstić information content (AvgIpc) is 2.66. The topological polar surface area (TPSA) is 97.4 Å². The van der Waals surface area contributed by atoms with Crippen LogP contribution in [0.15, 0.2) is 34.7 Å². The zero-order valence-corrected chi connectivity index (χ0v) is 13.0. The normalized spacial score (nSPS) is 13.0. The molecule has 0 bridgehead atoms. The van der Waals surface area contributed by atoms with Crippen LogP contribution in [0.1, 0.15) is 30.0 Å². The van der Waals surface area contributed by atoms with Gasteiger partial charge in [-0.3, -0.25) is 4.72 Å². The van der Waals surface area contributed by atoms with Gasteiger partial charge >= 0.3 is 0 Å². The molecule has 0 radical (unpaired) electrons. The van der Waals surface area contributed by atoms with Crippen LogP contribution in [-0.4, -0.2) is 8.42 Å². The van der Waals surface area contributed by atoms with E-state index in [1.54, 1.807) is 18.2 Å². The summed E-state index contributed by atoms with van der Waals surface area (Å²) in [5.41, 5.74) is 2.27. The Hall–Kier alpha value is -1.99. The molecule has 1 heterocycles. The van der Waals surface area contributed by atoms with Gasteiger partial charge in [0.2, 0.25) is 0 Å². The van der Waals surface area contributed by atoms with Gasteiger partial charge < -0.3 is 9.73 Å². The third-order valence-corrected chi connectivity index (χ3v) is 3.57. The minimum atomic E-state index is -3.77. The number of nitrogens with two attached hydrogens (primary N) is 1. The molecular formula is C14H19N3O3S. The zero-order chi connectivity index (χ0) is 15.6. The number of rotatable bonds is 5. The average molecular weight is 309 g/mol. The first-order valence-electron chi connectivity index (χ1n) is 6.48. The first kappa shape index (κ1) is 15.4. The molecule has 2 aromatic rings. The molecule has 0 spiro atoms. The van der Waals surface area contributed by atoms with E-state index in [1.807, 2.05) is 32.9 Å². The van der Waals surface area contributed by atoms with Crippen molar-refractivity contribution in [3.63, 3.8) is 0 Å². The zero-order valence-electron chi connectivity index (χ0n) is 12.2. The lowest BCUT2D eigenvalue weighted by molar-refractivity contribution is 0.500. The van der Waals surface area contributed by atoms with Crippen molar-refractivity contribution in [2.75, 3.05) is 10.0 Å². The van der Waals surface area contributed by atoms with Gasteiger partial charge in [-0.05, 0) is 45.0 Å². The summed E-state index contributed by atoms with van der Waals surface area (Å²) in [4.78, 5) is 0. The summed E-state index contributed by atoms with van der Waals surface area (Å²) in [6.07, 6.45) is 0. The van der Waals surface area contributed by atoms with Gasteiger partial charge in [0.25, 0.3) is 10.2 Å². The third kappa shape index (κ3) is 4.24. The minimum absolute atomic E-state index is 0.0344. The predicted molar refractivity (Wildman–Crippen MR) is 83.4 cm³/mol. The molecular weight excluding hydrogens is 290 g/mol. The summed E-state index contributed by atoms with van der Waals surface area (Å²) in [5, 5.41) is 8.26. The van der Waals surface area contributed by atoms with Crippen LogP contribution < -0.4 is 15.2 Å². The van der Waals surface area contributed by atoms with Gasteiger partial charge in [-0.15, -0.1) is 0 Å². The fraction of sp³-hybridized carbons (Fsp3) is 0.286. The van der Waals surface area contributed by atoms with E-state index >= 15 is 0 Å². The molecule has 6 nitrogen and oxygen atoms in total. The first-order valence-corrected chi connectivity index (χ1v) is 8.03. The molecule has 1 aromatic heterocycles. The maximum atomic E-state index is 11.0. The molecule has 114 valence electrons. The van der Waals surface area contributed by atoms with Crippen molar-refractivity contribution >= 4 is 21.6 Å². The highest BCUT2D eigenvalue weighted by Crippen LogP contribution is 2.26. The molecule has 2 rings (SSSR count). The Morgan fingerprint density at radius 3 is 2.43 bits per heavy atom. The number of aryl methyl sites for hydroxylation is 2. The Bertz CT molecular complexity index is 738. The number of benzene rings is 1. The molecule has 0 aliphatic rings. The second kappa shape index (κ2) is 5.79. The monoisotopic (exact) mass is 309 g/mol. The van der Waals surface area contributed by atoms with E-state index in [-0.39, 0.29) is 6.04 Å². The second-order valence-corrected chi connectivity index (χ2v) is 6.26. The molecule has 0 aliphatic heterocycles. The van der Waals surface area contributed by atoms with Crippen LogP contribution in [0.4, 0.5) is 11.4 Å². The quantitative estimate of drug-likeness (QED) is 0.791. The molecule has 7 heteroatoms. The lowest BCUT2D eigenvalue weighted by Gasteiger charge is -2.15. The van der Waals surface area contributed by atoms with Crippen LogP contribution in [0.3, 0.4) is 0 Å². The summed E-state index contributed by atoms with van der Waals surface area (Å²) in [5.74, 6) is 1.73. The highest BCUT2D eigenvalue weighted by Gasteiger charge is 2.13. The van der Waals surface area contributed by atoms with Crippen molar-refractivity contribution in [2.24, 2.45) is 5.14 Å². The van der Waals surface area contributed by atoms with Gasteiger partial charge in [0.15, 0.2) is 0 Å². The lowest BCUT2D eigenvalue weighted by atomic mass is 10.1. The van der Waals surface area contributed by atoms with Crippen molar-refractivity contribution in [3.8, 4) is 0 Å². The number of anilines is 2. The molecule has 0 saturated carbocycles. The van der Waals surface area contributed by atoms with Gasteiger partial charge in [-0.1, -0.05) is 6.07 Å². The van der Waals surface area contributed by atoms with Gasteiger partial charge in [0.1, 0.15) is 11.5 Å². The van der Waals surface area contributed by atoms with Crippen molar-refractivity contribution in [2.45, 2.75) is 26.8 Å². The Kier molecular flexibility index (Phi) is 4.24. The maximum Gasteiger partial charge on any atom is 0.296 e. The predicted octanol–water partition coefficient (Wildman–Crippen LogP) is 2.68. The fourth-order valence-corrected chi connectivity index (χ4v) is 2.70. The number of furan rings is 1. The molecule has 0 saturated heterocycles. The SMILES string of the molecule is Cc1cc(C(C)Nc2cccc(NS(N)(=O)=O)c2)c(C)o1. The van der Waals surface area contributed by atoms with Crippen LogP contribution in [0.5, 0.6) is 0 Å². The Labute approximate surface area is 124 Å². The van der Waals surface area contributed by atoms with E-state index in [0.29, 0.717) is 5.69 Å².